The van der Waals surface area contributed by atoms with Crippen LogP contribution in [0.3, 0.4) is 0 Å². The van der Waals surface area contributed by atoms with Gasteiger partial charge in [-0.05, 0) is 105 Å². The van der Waals surface area contributed by atoms with E-state index in [2.05, 4.69) is 22.5 Å². The molecule has 10 nitrogen and oxygen atoms in total. The summed E-state index contributed by atoms with van der Waals surface area (Å²) >= 11 is 0. The van der Waals surface area contributed by atoms with Gasteiger partial charge in [0.2, 0.25) is 0 Å². The fourth-order valence-corrected chi connectivity index (χ4v) is 7.86. The van der Waals surface area contributed by atoms with E-state index in [1.807, 2.05) is 12.2 Å². The molecule has 2 aliphatic carbocycles. The second-order valence-corrected chi connectivity index (χ2v) is 14.2. The van der Waals surface area contributed by atoms with Crippen molar-refractivity contribution in [2.75, 3.05) is 20.2 Å². The van der Waals surface area contributed by atoms with Crippen LogP contribution in [0, 0.1) is 29.6 Å². The molecule has 1 saturated carbocycles. The van der Waals surface area contributed by atoms with E-state index < -0.39 is 30.1 Å². The third kappa shape index (κ3) is 9.41. The molecule has 8 atom stereocenters. The lowest BCUT2D eigenvalue weighted by molar-refractivity contribution is -0.124. The maximum Gasteiger partial charge on any atom is 0.160 e. The molecule has 0 spiro atoms. The number of carbonyl (C=O) groups excluding carboxylic acids is 2. The van der Waals surface area contributed by atoms with Crippen molar-refractivity contribution >= 4 is 11.6 Å². The number of allylic oxidation sites excluding steroid dienone is 2. The number of dihydropyridines is 1. The van der Waals surface area contributed by atoms with E-state index >= 15 is 0 Å². The molecule has 10 heteroatoms. The average molecular weight is 664 g/mol. The van der Waals surface area contributed by atoms with Gasteiger partial charge in [0.15, 0.2) is 17.3 Å². The Labute approximate surface area is 284 Å². The van der Waals surface area contributed by atoms with E-state index in [-0.39, 0.29) is 30.1 Å². The van der Waals surface area contributed by atoms with Gasteiger partial charge >= 0.3 is 0 Å². The van der Waals surface area contributed by atoms with Crippen LogP contribution in [-0.2, 0) is 16.0 Å². The highest BCUT2D eigenvalue weighted by Crippen LogP contribution is 2.37. The lowest BCUT2D eigenvalue weighted by Gasteiger charge is -2.39. The number of ether oxygens (including phenoxy) is 1. The molecule has 5 rings (SSSR count). The molecule has 0 amide bonds. The van der Waals surface area contributed by atoms with Crippen LogP contribution in [0.1, 0.15) is 94.1 Å². The van der Waals surface area contributed by atoms with Gasteiger partial charge in [-0.3, -0.25) is 9.59 Å². The van der Waals surface area contributed by atoms with Crippen LogP contribution >= 0.6 is 0 Å². The molecule has 1 aromatic rings. The number of aliphatic hydroxyl groups is 3. The maximum atomic E-state index is 13.4. The Morgan fingerprint density at radius 2 is 1.90 bits per heavy atom. The Bertz CT molecular complexity index is 1430. The number of unbranched alkanes of at least 4 members (excludes halogenated alkanes) is 1. The lowest BCUT2D eigenvalue weighted by Crippen LogP contribution is -2.48. The topological polar surface area (TPSA) is 174 Å². The zero-order valence-electron chi connectivity index (χ0n) is 28.1. The molecule has 1 saturated heterocycles. The van der Waals surface area contributed by atoms with Crippen LogP contribution in [0.4, 0.5) is 0 Å². The zero-order chi connectivity index (χ0) is 34.2. The molecule has 48 heavy (non-hydrogen) atoms. The third-order valence-corrected chi connectivity index (χ3v) is 10.7. The number of hydrogen-bond acceptors (Lipinski definition) is 10. The smallest absolute Gasteiger partial charge is 0.160 e. The van der Waals surface area contributed by atoms with E-state index in [9.17, 15) is 30.0 Å². The number of ketones is 2. The summed E-state index contributed by atoms with van der Waals surface area (Å²) < 4.78 is 5.34. The van der Waals surface area contributed by atoms with Crippen molar-refractivity contribution in [2.24, 2.45) is 23.5 Å². The Kier molecular flexibility index (Phi) is 12.6. The molecule has 4 aliphatic rings. The number of hydrogen-bond donors (Lipinski definition) is 7. The average Bonchev–Trinajstić information content (AvgIpc) is 3.13. The number of phenols is 1. The van der Waals surface area contributed by atoms with Gasteiger partial charge in [-0.25, -0.2) is 0 Å². The first-order valence-corrected chi connectivity index (χ1v) is 17.7. The number of fused-ring (bicyclic) bond motifs is 2. The van der Waals surface area contributed by atoms with Crippen LogP contribution in [0.5, 0.6) is 11.5 Å². The standard InChI is InChI=1S/C38H53N3O7/c1-48-37-19-26-9-13-33(44)29(32(43)5-3-2-4-24-16-27-7-10-28(42)20-31(27)41-22-24)11-8-25(30(26)21-36(37)47)18-35(46)34(45)12-6-23-14-15-40-38(39)17-23/h14,17,19,21,24-25,27,29,31-32,34-35,40-41,43,45-47H,2-7,9-10,12-13,15-16,18,20,22,39H2,1H3. The van der Waals surface area contributed by atoms with Crippen molar-refractivity contribution in [1.29, 1.82) is 0 Å². The molecule has 8 unspecified atom stereocenters. The quantitative estimate of drug-likeness (QED) is 0.123. The molecule has 2 fully saturated rings. The Hall–Kier alpha value is -3.36. The Morgan fingerprint density at radius 1 is 1.06 bits per heavy atom. The summed E-state index contributed by atoms with van der Waals surface area (Å²) in [6.07, 6.45) is 8.99. The molecule has 0 radical (unpaired) electrons. The third-order valence-electron chi connectivity index (χ3n) is 10.7. The van der Waals surface area contributed by atoms with Crippen molar-refractivity contribution in [1.82, 2.24) is 10.6 Å². The number of carbonyl (C=O) groups is 2. The van der Waals surface area contributed by atoms with Crippen LogP contribution in [0.15, 0.2) is 35.7 Å². The van der Waals surface area contributed by atoms with Crippen molar-refractivity contribution in [2.45, 2.75) is 114 Å². The number of rotatable bonds is 13. The summed E-state index contributed by atoms with van der Waals surface area (Å²) in [5.74, 6) is 6.96. The SMILES string of the molecule is COc1cc2c(cc1O)C(CC(O)C(O)CCC1=CCNC(N)=C1)C#CC(C(O)CCCCC1CNC3CC(=O)CCC3C1)C(=O)CC2. The number of nitrogens with two attached hydrogens (primary N) is 1. The minimum Gasteiger partial charge on any atom is -0.504 e. The number of benzene rings is 1. The van der Waals surface area contributed by atoms with Crippen LogP contribution in [0.2, 0.25) is 0 Å². The largest absolute Gasteiger partial charge is 0.504 e. The summed E-state index contributed by atoms with van der Waals surface area (Å²) in [6.45, 7) is 1.54. The Balaban J connectivity index is 1.22. The van der Waals surface area contributed by atoms with Crippen molar-refractivity contribution < 1.29 is 34.8 Å². The highest BCUT2D eigenvalue weighted by atomic mass is 16.5. The summed E-state index contributed by atoms with van der Waals surface area (Å²) in [7, 11) is 1.46. The van der Waals surface area contributed by atoms with Crippen LogP contribution in [-0.4, -0.2) is 76.5 Å². The highest BCUT2D eigenvalue weighted by molar-refractivity contribution is 5.85. The molecular weight excluding hydrogens is 610 g/mol. The van der Waals surface area contributed by atoms with Gasteiger partial charge in [0.25, 0.3) is 0 Å². The zero-order valence-corrected chi connectivity index (χ0v) is 28.1. The number of Topliss-reactive ketones (excluding diaryl/α,β-unsaturated/α-hetero) is 2. The summed E-state index contributed by atoms with van der Waals surface area (Å²) in [6, 6.07) is 3.62. The van der Waals surface area contributed by atoms with Gasteiger partial charge in [-0.2, -0.15) is 0 Å². The van der Waals surface area contributed by atoms with Crippen LogP contribution in [0.25, 0.3) is 0 Å². The van der Waals surface area contributed by atoms with E-state index in [1.165, 1.54) is 7.11 Å². The van der Waals surface area contributed by atoms with Gasteiger partial charge < -0.3 is 41.5 Å². The summed E-state index contributed by atoms with van der Waals surface area (Å²) in [5, 5.41) is 50.5. The van der Waals surface area contributed by atoms with E-state index in [1.54, 1.807) is 12.1 Å². The molecule has 0 bridgehead atoms. The van der Waals surface area contributed by atoms with Crippen molar-refractivity contribution in [3.05, 3.63) is 46.8 Å². The highest BCUT2D eigenvalue weighted by Gasteiger charge is 2.35. The molecule has 0 aromatic heterocycles. The van der Waals surface area contributed by atoms with E-state index in [0.717, 1.165) is 49.8 Å². The van der Waals surface area contributed by atoms with Crippen molar-refractivity contribution in [3.8, 4) is 23.3 Å². The number of aryl methyl sites for hydroxylation is 1. The van der Waals surface area contributed by atoms with Gasteiger partial charge in [-0.15, -0.1) is 0 Å². The lowest BCUT2D eigenvalue weighted by atomic mass is 9.74. The number of nitrogens with one attached hydrogen (secondary N) is 2. The van der Waals surface area contributed by atoms with Gasteiger partial charge in [-0.1, -0.05) is 30.8 Å². The summed E-state index contributed by atoms with van der Waals surface area (Å²) in [4.78, 5) is 25.3. The Morgan fingerprint density at radius 3 is 2.69 bits per heavy atom. The second-order valence-electron chi connectivity index (χ2n) is 14.2. The normalized spacial score (nSPS) is 27.6. The predicted molar refractivity (Wildman–Crippen MR) is 183 cm³/mol. The fourth-order valence-electron chi connectivity index (χ4n) is 7.86. The number of aromatic hydroxyl groups is 1. The minimum absolute atomic E-state index is 0.0665. The second kappa shape index (κ2) is 16.8. The molecule has 262 valence electrons. The fraction of sp³-hybridized carbons (Fsp3) is 0.632. The van der Waals surface area contributed by atoms with E-state index in [0.29, 0.717) is 80.1 Å². The first kappa shape index (κ1) is 35.9. The van der Waals surface area contributed by atoms with Crippen LogP contribution < -0.4 is 21.1 Å². The molecule has 1 aromatic carbocycles. The predicted octanol–water partition coefficient (Wildman–Crippen LogP) is 3.11. The summed E-state index contributed by atoms with van der Waals surface area (Å²) in [5.41, 5.74) is 8.31. The minimum atomic E-state index is -1.11. The number of aliphatic hydroxyl groups excluding tert-OH is 3. The molecule has 2 aliphatic heterocycles. The number of methoxy groups -OCH3 is 1. The number of phenolic OH excluding ortho intramolecular Hbond substituents is 1. The number of piperidine rings is 1. The van der Waals surface area contributed by atoms with Crippen molar-refractivity contribution in [3.63, 3.8) is 0 Å². The molecule has 2 heterocycles. The molecular formula is C38H53N3O7. The monoisotopic (exact) mass is 663 g/mol. The van der Waals surface area contributed by atoms with Gasteiger partial charge in [0, 0.05) is 37.8 Å². The van der Waals surface area contributed by atoms with Gasteiger partial charge in [0.1, 0.15) is 11.7 Å². The first-order valence-electron chi connectivity index (χ1n) is 17.7. The first-order chi connectivity index (χ1) is 23.1. The molecule has 8 N–H and O–H groups in total. The maximum absolute atomic E-state index is 13.4. The van der Waals surface area contributed by atoms with Gasteiger partial charge in [0.05, 0.1) is 31.2 Å². The van der Waals surface area contributed by atoms with E-state index in [4.69, 9.17) is 10.5 Å².